The minimum atomic E-state index is -0.605. The van der Waals surface area contributed by atoms with Gasteiger partial charge in [0.25, 0.3) is 0 Å². The summed E-state index contributed by atoms with van der Waals surface area (Å²) in [6, 6.07) is 4.09. The number of thiophene rings is 1. The molecule has 19 heavy (non-hydrogen) atoms. The van der Waals surface area contributed by atoms with E-state index in [4.69, 9.17) is 4.74 Å². The zero-order valence-corrected chi connectivity index (χ0v) is 12.2. The number of ether oxygens (including phenoxy) is 1. The van der Waals surface area contributed by atoms with Gasteiger partial charge < -0.3 is 20.5 Å². The van der Waals surface area contributed by atoms with E-state index in [-0.39, 0.29) is 25.1 Å². The molecule has 1 unspecified atom stereocenters. The van der Waals surface area contributed by atoms with Crippen LogP contribution in [0.1, 0.15) is 18.7 Å². The van der Waals surface area contributed by atoms with Crippen molar-refractivity contribution in [3.05, 3.63) is 22.4 Å². The average molecular weight is 286 g/mol. The fourth-order valence-corrected chi connectivity index (χ4v) is 2.11. The van der Waals surface area contributed by atoms with Crippen LogP contribution in [0.4, 0.5) is 0 Å². The Bertz CT molecular complexity index is 355. The average Bonchev–Trinajstić information content (AvgIpc) is 2.81. The number of aliphatic hydroxyl groups is 1. The maximum Gasteiger partial charge on any atom is 0.234 e. The second-order valence-electron chi connectivity index (χ2n) is 4.60. The van der Waals surface area contributed by atoms with E-state index >= 15 is 0 Å². The SMILES string of the molecule is CC(C)NC(=O)CNCC(O)COCc1cccs1. The molecule has 0 aromatic carbocycles. The predicted octanol–water partition coefficient (Wildman–Crippen LogP) is 0.740. The highest BCUT2D eigenvalue weighted by Crippen LogP contribution is 2.09. The van der Waals surface area contributed by atoms with Gasteiger partial charge in [0.05, 0.1) is 25.9 Å². The summed E-state index contributed by atoms with van der Waals surface area (Å²) in [6.45, 7) is 5.14. The van der Waals surface area contributed by atoms with E-state index in [1.54, 1.807) is 11.3 Å². The van der Waals surface area contributed by atoms with Gasteiger partial charge in [-0.15, -0.1) is 11.3 Å². The number of carbonyl (C=O) groups is 1. The van der Waals surface area contributed by atoms with Gasteiger partial charge in [-0.05, 0) is 25.3 Å². The molecule has 0 aliphatic rings. The fraction of sp³-hybridized carbons (Fsp3) is 0.615. The minimum Gasteiger partial charge on any atom is -0.389 e. The number of amides is 1. The van der Waals surface area contributed by atoms with E-state index in [2.05, 4.69) is 10.6 Å². The molecule has 0 aliphatic heterocycles. The summed E-state index contributed by atoms with van der Waals surface area (Å²) >= 11 is 1.63. The largest absolute Gasteiger partial charge is 0.389 e. The Balaban J connectivity index is 2.01. The highest BCUT2D eigenvalue weighted by atomic mass is 32.1. The Kier molecular flexibility index (Phi) is 7.66. The molecule has 0 bridgehead atoms. The molecule has 1 amide bonds. The first kappa shape index (κ1) is 16.1. The van der Waals surface area contributed by atoms with Crippen molar-refractivity contribution >= 4 is 17.2 Å². The highest BCUT2D eigenvalue weighted by molar-refractivity contribution is 7.09. The second-order valence-corrected chi connectivity index (χ2v) is 5.63. The molecule has 3 N–H and O–H groups in total. The van der Waals surface area contributed by atoms with Crippen LogP contribution in [0.25, 0.3) is 0 Å². The molecular formula is C13H22N2O3S. The summed E-state index contributed by atoms with van der Waals surface area (Å²) in [7, 11) is 0. The fourth-order valence-electron chi connectivity index (χ4n) is 1.47. The third-order valence-electron chi connectivity index (χ3n) is 2.25. The number of rotatable bonds is 9. The molecule has 0 fully saturated rings. The molecule has 1 aromatic heterocycles. The maximum absolute atomic E-state index is 11.3. The van der Waals surface area contributed by atoms with Crippen molar-refractivity contribution < 1.29 is 14.6 Å². The Morgan fingerprint density at radius 3 is 2.95 bits per heavy atom. The zero-order valence-electron chi connectivity index (χ0n) is 11.4. The molecule has 1 aromatic rings. The standard InChI is InChI=1S/C13H22N2O3S/c1-10(2)15-13(17)7-14-6-11(16)8-18-9-12-4-3-5-19-12/h3-5,10-11,14,16H,6-9H2,1-2H3,(H,15,17). The van der Waals surface area contributed by atoms with Gasteiger partial charge in [0, 0.05) is 17.5 Å². The summed E-state index contributed by atoms with van der Waals surface area (Å²) in [5, 5.41) is 17.3. The first-order chi connectivity index (χ1) is 9.08. The van der Waals surface area contributed by atoms with Gasteiger partial charge in [-0.2, -0.15) is 0 Å². The number of nitrogens with one attached hydrogen (secondary N) is 2. The molecule has 1 heterocycles. The smallest absolute Gasteiger partial charge is 0.234 e. The van der Waals surface area contributed by atoms with E-state index in [0.717, 1.165) is 4.88 Å². The van der Waals surface area contributed by atoms with Crippen LogP contribution in [0.5, 0.6) is 0 Å². The van der Waals surface area contributed by atoms with Crippen molar-refractivity contribution in [1.82, 2.24) is 10.6 Å². The van der Waals surface area contributed by atoms with Gasteiger partial charge in [0.15, 0.2) is 0 Å². The molecule has 0 saturated carbocycles. The Morgan fingerprint density at radius 1 is 1.53 bits per heavy atom. The van der Waals surface area contributed by atoms with Crippen LogP contribution in [0.2, 0.25) is 0 Å². The lowest BCUT2D eigenvalue weighted by Gasteiger charge is -2.13. The highest BCUT2D eigenvalue weighted by Gasteiger charge is 2.07. The van der Waals surface area contributed by atoms with Gasteiger partial charge in [-0.1, -0.05) is 6.07 Å². The summed E-state index contributed by atoms with van der Waals surface area (Å²) < 4.78 is 5.38. The van der Waals surface area contributed by atoms with Crippen LogP contribution < -0.4 is 10.6 Å². The zero-order chi connectivity index (χ0) is 14.1. The lowest BCUT2D eigenvalue weighted by Crippen LogP contribution is -2.40. The van der Waals surface area contributed by atoms with Crippen molar-refractivity contribution in [1.29, 1.82) is 0 Å². The summed E-state index contributed by atoms with van der Waals surface area (Å²) in [6.07, 6.45) is -0.605. The van der Waals surface area contributed by atoms with Crippen molar-refractivity contribution in [3.8, 4) is 0 Å². The van der Waals surface area contributed by atoms with E-state index < -0.39 is 6.10 Å². The minimum absolute atomic E-state index is 0.0679. The molecule has 0 saturated heterocycles. The number of hydrogen-bond acceptors (Lipinski definition) is 5. The predicted molar refractivity (Wildman–Crippen MR) is 76.1 cm³/mol. The Morgan fingerprint density at radius 2 is 2.32 bits per heavy atom. The summed E-state index contributed by atoms with van der Waals surface area (Å²) in [5.41, 5.74) is 0. The monoisotopic (exact) mass is 286 g/mol. The topological polar surface area (TPSA) is 70.6 Å². The van der Waals surface area contributed by atoms with Crippen LogP contribution >= 0.6 is 11.3 Å². The molecule has 1 rings (SSSR count). The van der Waals surface area contributed by atoms with E-state index in [9.17, 15) is 9.90 Å². The molecular weight excluding hydrogens is 264 g/mol. The molecule has 6 heteroatoms. The molecule has 108 valence electrons. The van der Waals surface area contributed by atoms with Crippen LogP contribution in [0, 0.1) is 0 Å². The van der Waals surface area contributed by atoms with Crippen LogP contribution in [0.3, 0.4) is 0 Å². The molecule has 5 nitrogen and oxygen atoms in total. The van der Waals surface area contributed by atoms with E-state index in [1.807, 2.05) is 31.4 Å². The Hall–Kier alpha value is -0.950. The van der Waals surface area contributed by atoms with Crippen molar-refractivity contribution in [2.75, 3.05) is 19.7 Å². The first-order valence-corrected chi connectivity index (χ1v) is 7.24. The molecule has 0 spiro atoms. The van der Waals surface area contributed by atoms with Crippen molar-refractivity contribution in [2.24, 2.45) is 0 Å². The summed E-state index contributed by atoms with van der Waals surface area (Å²) in [4.78, 5) is 12.5. The lowest BCUT2D eigenvalue weighted by atomic mass is 10.3. The number of aliphatic hydroxyl groups excluding tert-OH is 1. The van der Waals surface area contributed by atoms with Crippen LogP contribution in [-0.2, 0) is 16.1 Å². The molecule has 0 radical (unpaired) electrons. The Labute approximate surface area is 118 Å². The normalized spacial score (nSPS) is 12.6. The van der Waals surface area contributed by atoms with Crippen LogP contribution in [0.15, 0.2) is 17.5 Å². The number of carbonyl (C=O) groups excluding carboxylic acids is 1. The van der Waals surface area contributed by atoms with Gasteiger partial charge in [-0.3, -0.25) is 4.79 Å². The second kappa shape index (κ2) is 9.03. The van der Waals surface area contributed by atoms with Crippen molar-refractivity contribution in [3.63, 3.8) is 0 Å². The van der Waals surface area contributed by atoms with E-state index in [1.165, 1.54) is 0 Å². The first-order valence-electron chi connectivity index (χ1n) is 6.36. The van der Waals surface area contributed by atoms with Gasteiger partial charge in [-0.25, -0.2) is 0 Å². The van der Waals surface area contributed by atoms with Gasteiger partial charge >= 0.3 is 0 Å². The van der Waals surface area contributed by atoms with Crippen LogP contribution in [-0.4, -0.2) is 42.9 Å². The third kappa shape index (κ3) is 7.94. The maximum atomic E-state index is 11.3. The van der Waals surface area contributed by atoms with E-state index in [0.29, 0.717) is 13.2 Å². The van der Waals surface area contributed by atoms with Crippen molar-refractivity contribution in [2.45, 2.75) is 32.6 Å². The lowest BCUT2D eigenvalue weighted by molar-refractivity contribution is -0.120. The van der Waals surface area contributed by atoms with Gasteiger partial charge in [0.2, 0.25) is 5.91 Å². The summed E-state index contributed by atoms with van der Waals surface area (Å²) in [5.74, 6) is -0.0679. The quantitative estimate of drug-likeness (QED) is 0.626. The van der Waals surface area contributed by atoms with Gasteiger partial charge in [0.1, 0.15) is 0 Å². The third-order valence-corrected chi connectivity index (χ3v) is 3.10. The molecule has 1 atom stereocenters. The molecule has 0 aliphatic carbocycles. The number of hydrogen-bond donors (Lipinski definition) is 3.